The SMILES string of the molecule is CSCC[C@@H](NC(=O)c1ccc(COc2ccc(F)cc2)o1)c1nc2ccccc2[nH]1. The number of hydrogen-bond acceptors (Lipinski definition) is 5. The van der Waals surface area contributed by atoms with E-state index in [1.54, 1.807) is 23.9 Å². The number of para-hydroxylation sites is 2. The Bertz CT molecular complexity index is 1120. The van der Waals surface area contributed by atoms with Gasteiger partial charge in [0.2, 0.25) is 0 Å². The summed E-state index contributed by atoms with van der Waals surface area (Å²) in [4.78, 5) is 20.7. The van der Waals surface area contributed by atoms with Gasteiger partial charge in [0.05, 0.1) is 17.1 Å². The van der Waals surface area contributed by atoms with E-state index in [4.69, 9.17) is 9.15 Å². The minimum absolute atomic E-state index is 0.137. The highest BCUT2D eigenvalue weighted by molar-refractivity contribution is 7.98. The van der Waals surface area contributed by atoms with Crippen LogP contribution in [-0.4, -0.2) is 27.9 Å². The summed E-state index contributed by atoms with van der Waals surface area (Å²) in [5.74, 6) is 2.16. The summed E-state index contributed by atoms with van der Waals surface area (Å²) in [6.07, 6.45) is 2.76. The van der Waals surface area contributed by atoms with Gasteiger partial charge in [-0.3, -0.25) is 4.79 Å². The maximum atomic E-state index is 13.0. The average molecular weight is 440 g/mol. The first-order chi connectivity index (χ1) is 15.1. The first-order valence-electron chi connectivity index (χ1n) is 9.84. The number of nitrogens with zero attached hydrogens (tertiary/aromatic N) is 1. The molecule has 0 aliphatic carbocycles. The minimum atomic E-state index is -0.329. The summed E-state index contributed by atoms with van der Waals surface area (Å²) in [7, 11) is 0. The molecule has 2 N–H and O–H groups in total. The second kappa shape index (κ2) is 9.70. The Morgan fingerprint density at radius 2 is 2.00 bits per heavy atom. The minimum Gasteiger partial charge on any atom is -0.486 e. The molecule has 1 amide bonds. The fourth-order valence-electron chi connectivity index (χ4n) is 3.14. The van der Waals surface area contributed by atoms with E-state index in [9.17, 15) is 9.18 Å². The monoisotopic (exact) mass is 439 g/mol. The van der Waals surface area contributed by atoms with Crippen LogP contribution in [0.3, 0.4) is 0 Å². The summed E-state index contributed by atoms with van der Waals surface area (Å²) < 4.78 is 24.2. The average Bonchev–Trinajstić information content (AvgIpc) is 3.43. The van der Waals surface area contributed by atoms with Crippen LogP contribution in [-0.2, 0) is 6.61 Å². The van der Waals surface area contributed by atoms with E-state index in [1.165, 1.54) is 24.3 Å². The van der Waals surface area contributed by atoms with Gasteiger partial charge in [-0.15, -0.1) is 0 Å². The standard InChI is InChI=1S/C23H22FN3O3S/c1-31-13-12-20(22-25-18-4-2-3-5-19(18)26-22)27-23(28)21-11-10-17(30-21)14-29-16-8-6-15(24)7-9-16/h2-11,20H,12-14H2,1H3,(H,25,26)(H,27,28)/t20-/m1/s1. The Morgan fingerprint density at radius 1 is 1.19 bits per heavy atom. The van der Waals surface area contributed by atoms with E-state index in [1.807, 2.05) is 30.5 Å². The third-order valence-electron chi connectivity index (χ3n) is 4.73. The van der Waals surface area contributed by atoms with Gasteiger partial charge in [-0.1, -0.05) is 12.1 Å². The molecule has 0 fully saturated rings. The van der Waals surface area contributed by atoms with Gasteiger partial charge in [0.1, 0.15) is 29.8 Å². The molecule has 1 atom stereocenters. The zero-order chi connectivity index (χ0) is 21.6. The van der Waals surface area contributed by atoms with Gasteiger partial charge in [0, 0.05) is 0 Å². The number of fused-ring (bicyclic) bond motifs is 1. The molecule has 0 aliphatic heterocycles. The van der Waals surface area contributed by atoms with E-state index < -0.39 is 0 Å². The lowest BCUT2D eigenvalue weighted by Gasteiger charge is -2.15. The predicted octanol–water partition coefficient (Wildman–Crippen LogP) is 5.10. The van der Waals surface area contributed by atoms with Crippen LogP contribution in [0.25, 0.3) is 11.0 Å². The molecule has 4 rings (SSSR count). The maximum Gasteiger partial charge on any atom is 0.287 e. The molecule has 8 heteroatoms. The quantitative estimate of drug-likeness (QED) is 0.379. The molecule has 0 saturated heterocycles. The van der Waals surface area contributed by atoms with Crippen LogP contribution < -0.4 is 10.1 Å². The van der Waals surface area contributed by atoms with Gasteiger partial charge in [-0.25, -0.2) is 9.37 Å². The van der Waals surface area contributed by atoms with Crippen molar-refractivity contribution in [2.75, 3.05) is 12.0 Å². The number of halogens is 1. The number of thioether (sulfide) groups is 1. The lowest BCUT2D eigenvalue weighted by atomic mass is 10.2. The Kier molecular flexibility index (Phi) is 6.57. The number of furan rings is 1. The largest absolute Gasteiger partial charge is 0.486 e. The van der Waals surface area contributed by atoms with Crippen LogP contribution in [0, 0.1) is 5.82 Å². The second-order valence-corrected chi connectivity index (χ2v) is 7.94. The van der Waals surface area contributed by atoms with Crippen molar-refractivity contribution in [3.63, 3.8) is 0 Å². The van der Waals surface area contributed by atoms with Crippen LogP contribution in [0.1, 0.15) is 34.6 Å². The Balaban J connectivity index is 1.42. The van der Waals surface area contributed by atoms with E-state index in [0.29, 0.717) is 11.5 Å². The zero-order valence-corrected chi connectivity index (χ0v) is 17.7. The summed E-state index contributed by atoms with van der Waals surface area (Å²) in [6, 6.07) is 16.5. The lowest BCUT2D eigenvalue weighted by molar-refractivity contribution is 0.0902. The zero-order valence-electron chi connectivity index (χ0n) is 16.9. The lowest BCUT2D eigenvalue weighted by Crippen LogP contribution is -2.29. The number of ether oxygens (including phenoxy) is 1. The number of amides is 1. The van der Waals surface area contributed by atoms with Crippen LogP contribution in [0.5, 0.6) is 5.75 Å². The molecule has 0 spiro atoms. The number of imidazole rings is 1. The van der Waals surface area contributed by atoms with Crippen molar-refractivity contribution in [1.82, 2.24) is 15.3 Å². The van der Waals surface area contributed by atoms with Crippen LogP contribution >= 0.6 is 11.8 Å². The van der Waals surface area contributed by atoms with E-state index in [-0.39, 0.29) is 30.1 Å². The Hall–Kier alpha value is -3.26. The van der Waals surface area contributed by atoms with Crippen molar-refractivity contribution in [1.29, 1.82) is 0 Å². The molecule has 160 valence electrons. The number of benzene rings is 2. The van der Waals surface area contributed by atoms with Crippen molar-refractivity contribution in [2.45, 2.75) is 19.1 Å². The third kappa shape index (κ3) is 5.27. The van der Waals surface area contributed by atoms with Crippen LogP contribution in [0.15, 0.2) is 65.1 Å². The molecular formula is C23H22FN3O3S. The summed E-state index contributed by atoms with van der Waals surface area (Å²) >= 11 is 1.71. The summed E-state index contributed by atoms with van der Waals surface area (Å²) in [5.41, 5.74) is 1.79. The van der Waals surface area contributed by atoms with Crippen molar-refractivity contribution in [2.24, 2.45) is 0 Å². The molecule has 2 aromatic heterocycles. The fraction of sp³-hybridized carbons (Fsp3) is 0.217. The smallest absolute Gasteiger partial charge is 0.287 e. The molecule has 31 heavy (non-hydrogen) atoms. The first-order valence-corrected chi connectivity index (χ1v) is 11.2. The van der Waals surface area contributed by atoms with E-state index >= 15 is 0 Å². The molecule has 0 unspecified atom stereocenters. The number of carbonyl (C=O) groups excluding carboxylic acids is 1. The van der Waals surface area contributed by atoms with E-state index in [0.717, 1.165) is 29.0 Å². The number of aromatic amines is 1. The van der Waals surface area contributed by atoms with Gasteiger partial charge < -0.3 is 19.5 Å². The van der Waals surface area contributed by atoms with Crippen molar-refractivity contribution < 1.29 is 18.3 Å². The summed E-state index contributed by atoms with van der Waals surface area (Å²) in [5, 5.41) is 3.02. The maximum absolute atomic E-state index is 13.0. The fourth-order valence-corrected chi connectivity index (χ4v) is 3.61. The van der Waals surface area contributed by atoms with Crippen LogP contribution in [0.2, 0.25) is 0 Å². The number of rotatable bonds is 9. The predicted molar refractivity (Wildman–Crippen MR) is 119 cm³/mol. The van der Waals surface area contributed by atoms with Gasteiger partial charge in [-0.2, -0.15) is 11.8 Å². The molecule has 0 radical (unpaired) electrons. The number of nitrogens with one attached hydrogen (secondary N) is 2. The number of aromatic nitrogens is 2. The van der Waals surface area contributed by atoms with Gasteiger partial charge in [0.25, 0.3) is 5.91 Å². The topological polar surface area (TPSA) is 80.2 Å². The number of H-pyrrole nitrogens is 1. The first kappa shape index (κ1) is 21.0. The van der Waals surface area contributed by atoms with Gasteiger partial charge in [0.15, 0.2) is 5.76 Å². The molecule has 2 aromatic carbocycles. The molecule has 0 saturated carbocycles. The van der Waals surface area contributed by atoms with Gasteiger partial charge >= 0.3 is 0 Å². The molecule has 6 nitrogen and oxygen atoms in total. The van der Waals surface area contributed by atoms with Gasteiger partial charge in [-0.05, 0) is 67.0 Å². The second-order valence-electron chi connectivity index (χ2n) is 6.96. The Labute approximate surface area is 183 Å². The highest BCUT2D eigenvalue weighted by Gasteiger charge is 2.21. The van der Waals surface area contributed by atoms with E-state index in [2.05, 4.69) is 15.3 Å². The van der Waals surface area contributed by atoms with Crippen molar-refractivity contribution in [3.8, 4) is 5.75 Å². The van der Waals surface area contributed by atoms with Crippen molar-refractivity contribution >= 4 is 28.7 Å². The highest BCUT2D eigenvalue weighted by atomic mass is 32.2. The normalized spacial score (nSPS) is 12.1. The molecule has 0 bridgehead atoms. The van der Waals surface area contributed by atoms with Crippen molar-refractivity contribution in [3.05, 3.63) is 83.8 Å². The summed E-state index contributed by atoms with van der Waals surface area (Å²) in [6.45, 7) is 0.137. The molecule has 2 heterocycles. The van der Waals surface area contributed by atoms with Crippen LogP contribution in [0.4, 0.5) is 4.39 Å². The highest BCUT2D eigenvalue weighted by Crippen LogP contribution is 2.21. The molecule has 0 aliphatic rings. The Morgan fingerprint density at radius 3 is 2.77 bits per heavy atom. The molecular weight excluding hydrogens is 417 g/mol. The number of carbonyl (C=O) groups is 1. The third-order valence-corrected chi connectivity index (χ3v) is 5.38. The number of hydrogen-bond donors (Lipinski definition) is 2. The molecule has 4 aromatic rings.